The van der Waals surface area contributed by atoms with Crippen LogP contribution in [0.4, 0.5) is 4.79 Å². The molecule has 1 aliphatic carbocycles. The first-order valence-electron chi connectivity index (χ1n) is 17.1. The third-order valence-electron chi connectivity index (χ3n) is 8.32. The van der Waals surface area contributed by atoms with Gasteiger partial charge in [-0.25, -0.2) is 4.79 Å². The first kappa shape index (κ1) is 35.6. The number of amides is 2. The summed E-state index contributed by atoms with van der Waals surface area (Å²) >= 11 is 0. The molecule has 0 bridgehead atoms. The predicted molar refractivity (Wildman–Crippen MR) is 191 cm³/mol. The fourth-order valence-corrected chi connectivity index (χ4v) is 6.23. The topological polar surface area (TPSA) is 86.3 Å². The van der Waals surface area contributed by atoms with E-state index in [0.717, 1.165) is 39.1 Å². The number of fused-ring (bicyclic) bond motifs is 3. The van der Waals surface area contributed by atoms with Crippen LogP contribution in [0, 0.1) is 0 Å². The average molecular weight is 665 g/mol. The van der Waals surface area contributed by atoms with Crippen LogP contribution in [0.5, 0.6) is 5.75 Å². The van der Waals surface area contributed by atoms with Crippen molar-refractivity contribution in [2.24, 2.45) is 0 Å². The Morgan fingerprint density at radius 3 is 1.90 bits per heavy atom. The van der Waals surface area contributed by atoms with Gasteiger partial charge in [0.25, 0.3) is 0 Å². The molecule has 0 spiro atoms. The second-order valence-electron chi connectivity index (χ2n) is 13.1. The second kappa shape index (κ2) is 16.6. The quantitative estimate of drug-likeness (QED) is 0.131. The van der Waals surface area contributed by atoms with E-state index < -0.39 is 18.4 Å². The van der Waals surface area contributed by atoms with Crippen LogP contribution in [0.1, 0.15) is 62.8 Å². The molecule has 0 saturated heterocycles. The lowest BCUT2D eigenvalue weighted by Gasteiger charge is -2.31. The van der Waals surface area contributed by atoms with E-state index in [1.807, 2.05) is 113 Å². The Bertz CT molecular complexity index is 1620. The van der Waals surface area contributed by atoms with Crippen LogP contribution in [-0.2, 0) is 32.0 Å². The summed E-state index contributed by atoms with van der Waals surface area (Å²) in [6.45, 7) is 11.3. The molecule has 4 aromatic carbocycles. The third kappa shape index (κ3) is 9.71. The molecule has 0 unspecified atom stereocenters. The second-order valence-corrected chi connectivity index (χ2v) is 13.1. The average Bonchev–Trinajstić information content (AvgIpc) is 3.41. The van der Waals surface area contributed by atoms with E-state index in [1.165, 1.54) is 0 Å². The molecule has 258 valence electrons. The zero-order chi connectivity index (χ0) is 34.8. The molecule has 1 aliphatic rings. The van der Waals surface area contributed by atoms with Gasteiger partial charge in [-0.05, 0) is 80.1 Å². The maximum atomic E-state index is 14.5. The minimum Gasteiger partial charge on any atom is -0.488 e. The number of nitrogens with one attached hydrogen (secondary N) is 1. The molecular formula is C41H48N2O6. The van der Waals surface area contributed by atoms with E-state index in [4.69, 9.17) is 18.9 Å². The summed E-state index contributed by atoms with van der Waals surface area (Å²) in [5.41, 5.74) is 6.00. The highest BCUT2D eigenvalue weighted by atomic mass is 16.7. The number of rotatable bonds is 15. The van der Waals surface area contributed by atoms with E-state index in [0.29, 0.717) is 19.8 Å². The van der Waals surface area contributed by atoms with E-state index in [2.05, 4.69) is 29.6 Å². The number of hydrogen-bond donors (Lipinski definition) is 1. The normalized spacial score (nSPS) is 13.0. The van der Waals surface area contributed by atoms with E-state index >= 15 is 0 Å². The van der Waals surface area contributed by atoms with Crippen molar-refractivity contribution >= 4 is 12.0 Å². The Hall–Kier alpha value is -4.66. The standard InChI is InChI=1S/C41H48N2O6/c1-6-46-38(47-7-2)27-43(26-30-15-9-8-10-16-30)39(44)37(25-29-21-23-31(24-22-29)49-41(3,4)5)42-40(45)48-28-36-34-19-13-11-17-32(34)33-18-12-14-20-35(33)36/h8-24,36-38H,6-7,25-28H2,1-5H3,(H,42,45)/t37-/m0/s1. The molecule has 5 rings (SSSR count). The fourth-order valence-electron chi connectivity index (χ4n) is 6.23. The molecule has 4 aromatic rings. The SMILES string of the molecule is CCOC(CN(Cc1ccccc1)C(=O)[C@H](Cc1ccc(OC(C)(C)C)cc1)NC(=O)OCC1c2ccccc2-c2ccccc21)OCC. The molecule has 0 radical (unpaired) electrons. The third-order valence-corrected chi connectivity index (χ3v) is 8.32. The number of ether oxygens (including phenoxy) is 4. The lowest BCUT2D eigenvalue weighted by Crippen LogP contribution is -2.51. The summed E-state index contributed by atoms with van der Waals surface area (Å²) in [5, 5.41) is 2.93. The molecule has 8 nitrogen and oxygen atoms in total. The molecule has 0 heterocycles. The van der Waals surface area contributed by atoms with Gasteiger partial charge in [-0.3, -0.25) is 4.79 Å². The molecule has 0 fully saturated rings. The summed E-state index contributed by atoms with van der Waals surface area (Å²) in [4.78, 5) is 29.8. The predicted octanol–water partition coefficient (Wildman–Crippen LogP) is 7.74. The number of hydrogen-bond acceptors (Lipinski definition) is 6. The van der Waals surface area contributed by atoms with Gasteiger partial charge in [0.1, 0.15) is 24.0 Å². The minimum atomic E-state index is -0.919. The van der Waals surface area contributed by atoms with Crippen LogP contribution in [0.25, 0.3) is 11.1 Å². The van der Waals surface area contributed by atoms with Crippen LogP contribution in [0.15, 0.2) is 103 Å². The first-order valence-corrected chi connectivity index (χ1v) is 17.1. The monoisotopic (exact) mass is 664 g/mol. The maximum absolute atomic E-state index is 14.5. The van der Waals surface area contributed by atoms with Crippen molar-refractivity contribution in [1.29, 1.82) is 0 Å². The van der Waals surface area contributed by atoms with Gasteiger partial charge in [0, 0.05) is 32.1 Å². The maximum Gasteiger partial charge on any atom is 0.407 e. The Balaban J connectivity index is 1.38. The molecule has 8 heteroatoms. The van der Waals surface area contributed by atoms with Crippen LogP contribution in [0.2, 0.25) is 0 Å². The van der Waals surface area contributed by atoms with Crippen molar-refractivity contribution in [2.75, 3.05) is 26.4 Å². The summed E-state index contributed by atoms with van der Waals surface area (Å²) in [6.07, 6.45) is -1.02. The number of benzene rings is 4. The number of nitrogens with zero attached hydrogens (tertiary/aromatic N) is 1. The van der Waals surface area contributed by atoms with Gasteiger partial charge in [0.15, 0.2) is 6.29 Å². The highest BCUT2D eigenvalue weighted by Gasteiger charge is 2.32. The fraction of sp³-hybridized carbons (Fsp3) is 0.366. The molecule has 2 amide bonds. The number of carbonyl (C=O) groups excluding carboxylic acids is 2. The van der Waals surface area contributed by atoms with Gasteiger partial charge in [-0.1, -0.05) is 91.0 Å². The Kier molecular flexibility index (Phi) is 12.1. The van der Waals surface area contributed by atoms with Gasteiger partial charge < -0.3 is 29.2 Å². The van der Waals surface area contributed by atoms with E-state index in [9.17, 15) is 9.59 Å². The van der Waals surface area contributed by atoms with Crippen LogP contribution in [-0.4, -0.2) is 61.2 Å². The molecular weight excluding hydrogens is 616 g/mol. The van der Waals surface area contributed by atoms with Gasteiger partial charge >= 0.3 is 6.09 Å². The van der Waals surface area contributed by atoms with Gasteiger partial charge in [-0.2, -0.15) is 0 Å². The molecule has 0 saturated carbocycles. The van der Waals surface area contributed by atoms with Crippen molar-refractivity contribution in [1.82, 2.24) is 10.2 Å². The van der Waals surface area contributed by atoms with Crippen LogP contribution < -0.4 is 10.1 Å². The van der Waals surface area contributed by atoms with Crippen LogP contribution in [0.3, 0.4) is 0 Å². The largest absolute Gasteiger partial charge is 0.488 e. The first-order chi connectivity index (χ1) is 23.6. The van der Waals surface area contributed by atoms with Crippen molar-refractivity contribution in [3.63, 3.8) is 0 Å². The Labute approximate surface area is 290 Å². The summed E-state index contributed by atoms with van der Waals surface area (Å²) in [7, 11) is 0. The lowest BCUT2D eigenvalue weighted by atomic mass is 9.98. The summed E-state index contributed by atoms with van der Waals surface area (Å²) in [6, 6.07) is 32.9. The van der Waals surface area contributed by atoms with Gasteiger partial charge in [0.2, 0.25) is 5.91 Å². The highest BCUT2D eigenvalue weighted by molar-refractivity contribution is 5.86. The van der Waals surface area contributed by atoms with Crippen LogP contribution >= 0.6 is 0 Å². The zero-order valence-corrected chi connectivity index (χ0v) is 29.2. The highest BCUT2D eigenvalue weighted by Crippen LogP contribution is 2.44. The van der Waals surface area contributed by atoms with Crippen molar-refractivity contribution < 1.29 is 28.5 Å². The van der Waals surface area contributed by atoms with Crippen molar-refractivity contribution in [3.05, 3.63) is 125 Å². The van der Waals surface area contributed by atoms with E-state index in [1.54, 1.807) is 4.90 Å². The minimum absolute atomic E-state index is 0.101. The molecule has 0 aliphatic heterocycles. The van der Waals surface area contributed by atoms with Crippen molar-refractivity contribution in [3.8, 4) is 16.9 Å². The molecule has 1 atom stereocenters. The Morgan fingerprint density at radius 1 is 0.755 bits per heavy atom. The van der Waals surface area contributed by atoms with E-state index in [-0.39, 0.29) is 37.0 Å². The smallest absolute Gasteiger partial charge is 0.407 e. The van der Waals surface area contributed by atoms with Crippen molar-refractivity contribution in [2.45, 2.75) is 71.4 Å². The number of carbonyl (C=O) groups is 2. The zero-order valence-electron chi connectivity index (χ0n) is 29.2. The molecule has 0 aromatic heterocycles. The molecule has 1 N–H and O–H groups in total. The van der Waals surface area contributed by atoms with Gasteiger partial charge in [-0.15, -0.1) is 0 Å². The lowest BCUT2D eigenvalue weighted by molar-refractivity contribution is -0.160. The van der Waals surface area contributed by atoms with Gasteiger partial charge in [0.05, 0.1) is 6.54 Å². The Morgan fingerprint density at radius 2 is 1.33 bits per heavy atom. The number of alkyl carbamates (subject to hydrolysis) is 1. The summed E-state index contributed by atoms with van der Waals surface area (Å²) < 4.78 is 23.6. The summed E-state index contributed by atoms with van der Waals surface area (Å²) in [5.74, 6) is 0.359. The molecule has 49 heavy (non-hydrogen) atoms.